The number of esters is 1. The van der Waals surface area contributed by atoms with E-state index >= 15 is 0 Å². The number of carbonyl (C=O) groups is 2. The molecule has 0 aromatic heterocycles. The summed E-state index contributed by atoms with van der Waals surface area (Å²) in [5.41, 5.74) is 2.37. The fraction of sp³-hybridized carbons (Fsp3) is 0.174. The minimum absolute atomic E-state index is 0.0127. The van der Waals surface area contributed by atoms with E-state index in [1.807, 2.05) is 0 Å². The van der Waals surface area contributed by atoms with Crippen molar-refractivity contribution in [1.29, 1.82) is 5.26 Å². The second-order valence-corrected chi connectivity index (χ2v) is 8.63. The first kappa shape index (κ1) is 23.7. The summed E-state index contributed by atoms with van der Waals surface area (Å²) in [5, 5.41) is 17.4. The van der Waals surface area contributed by atoms with Gasteiger partial charge in [-0.1, -0.05) is 53.2 Å². The zero-order chi connectivity index (χ0) is 23.3. The molecule has 9 heteroatoms. The Morgan fingerprint density at radius 1 is 1.19 bits per heavy atom. The number of allylic oxidation sites excluding steroid dienone is 2. The van der Waals surface area contributed by atoms with Crippen LogP contribution in [0, 0.1) is 11.3 Å². The van der Waals surface area contributed by atoms with Crippen LogP contribution in [-0.2, 0) is 14.3 Å². The lowest BCUT2D eigenvalue weighted by molar-refractivity contribution is -0.137. The molecule has 1 amide bonds. The SMILES string of the molecule is COC(=O)CSC1=C(C#N)[C@@H](c2ccccc2Cl)C(C(=O)Nc2ccc(Cl)cc2)=C(C)N1. The average Bonchev–Trinajstić information content (AvgIpc) is 2.78. The van der Waals surface area contributed by atoms with E-state index < -0.39 is 11.9 Å². The molecule has 0 radical (unpaired) electrons. The molecule has 164 valence electrons. The lowest BCUT2D eigenvalue weighted by atomic mass is 9.82. The van der Waals surface area contributed by atoms with Crippen LogP contribution in [0.4, 0.5) is 5.69 Å². The van der Waals surface area contributed by atoms with Gasteiger partial charge in [-0.05, 0) is 42.8 Å². The van der Waals surface area contributed by atoms with Crippen LogP contribution in [0.15, 0.2) is 70.4 Å². The number of dihydropyridines is 1. The van der Waals surface area contributed by atoms with Crippen molar-refractivity contribution in [2.24, 2.45) is 0 Å². The van der Waals surface area contributed by atoms with Crippen molar-refractivity contribution in [2.45, 2.75) is 12.8 Å². The average molecular weight is 488 g/mol. The molecule has 0 unspecified atom stereocenters. The predicted octanol–water partition coefficient (Wildman–Crippen LogP) is 5.23. The van der Waals surface area contributed by atoms with Crippen molar-refractivity contribution in [3.05, 3.63) is 86.0 Å². The predicted molar refractivity (Wildman–Crippen MR) is 127 cm³/mol. The molecule has 1 aliphatic heterocycles. The smallest absolute Gasteiger partial charge is 0.316 e. The van der Waals surface area contributed by atoms with Crippen LogP contribution in [-0.4, -0.2) is 24.7 Å². The van der Waals surface area contributed by atoms with Crippen LogP contribution in [0.25, 0.3) is 0 Å². The Morgan fingerprint density at radius 2 is 1.88 bits per heavy atom. The molecule has 1 aliphatic rings. The molecule has 1 heterocycles. The third-order valence-corrected chi connectivity index (χ3v) is 6.36. The summed E-state index contributed by atoms with van der Waals surface area (Å²) in [4.78, 5) is 25.0. The van der Waals surface area contributed by atoms with Crippen LogP contribution in [0.2, 0.25) is 10.0 Å². The summed E-state index contributed by atoms with van der Waals surface area (Å²) in [6, 6.07) is 16.0. The molecule has 0 saturated carbocycles. The van der Waals surface area contributed by atoms with Crippen molar-refractivity contribution in [3.63, 3.8) is 0 Å². The van der Waals surface area contributed by atoms with Crippen LogP contribution >= 0.6 is 35.0 Å². The van der Waals surface area contributed by atoms with Gasteiger partial charge in [-0.25, -0.2) is 0 Å². The van der Waals surface area contributed by atoms with Gasteiger partial charge in [0.25, 0.3) is 5.91 Å². The number of hydrogen-bond acceptors (Lipinski definition) is 6. The Bertz CT molecular complexity index is 1150. The van der Waals surface area contributed by atoms with E-state index in [9.17, 15) is 14.9 Å². The minimum Gasteiger partial charge on any atom is -0.468 e. The van der Waals surface area contributed by atoms with E-state index in [2.05, 4.69) is 16.7 Å². The highest BCUT2D eigenvalue weighted by molar-refractivity contribution is 8.03. The number of anilines is 1. The molecule has 1 atom stereocenters. The zero-order valence-electron chi connectivity index (χ0n) is 17.2. The Hall–Kier alpha value is -2.92. The van der Waals surface area contributed by atoms with Gasteiger partial charge in [0.05, 0.1) is 35.5 Å². The molecule has 2 aromatic rings. The largest absolute Gasteiger partial charge is 0.468 e. The van der Waals surface area contributed by atoms with Crippen LogP contribution in [0.5, 0.6) is 0 Å². The van der Waals surface area contributed by atoms with Gasteiger partial charge >= 0.3 is 5.97 Å². The maximum Gasteiger partial charge on any atom is 0.316 e. The van der Waals surface area contributed by atoms with Gasteiger partial charge in [-0.15, -0.1) is 0 Å². The Morgan fingerprint density at radius 3 is 2.50 bits per heavy atom. The zero-order valence-corrected chi connectivity index (χ0v) is 19.6. The molecule has 0 aliphatic carbocycles. The van der Waals surface area contributed by atoms with Gasteiger partial charge < -0.3 is 15.4 Å². The molecule has 2 N–H and O–H groups in total. The highest BCUT2D eigenvalue weighted by Gasteiger charge is 2.35. The van der Waals surface area contributed by atoms with Gasteiger partial charge in [0, 0.05) is 27.0 Å². The van der Waals surface area contributed by atoms with Gasteiger partial charge in [-0.2, -0.15) is 5.26 Å². The summed E-state index contributed by atoms with van der Waals surface area (Å²) in [5.74, 6) is -1.52. The number of ether oxygens (including phenoxy) is 1. The maximum absolute atomic E-state index is 13.3. The summed E-state index contributed by atoms with van der Waals surface area (Å²) in [6.07, 6.45) is 0. The van der Waals surface area contributed by atoms with Crippen molar-refractivity contribution in [3.8, 4) is 6.07 Å². The van der Waals surface area contributed by atoms with E-state index in [-0.39, 0.29) is 11.7 Å². The topological polar surface area (TPSA) is 91.2 Å². The molecule has 0 fully saturated rings. The van der Waals surface area contributed by atoms with Crippen molar-refractivity contribution in [2.75, 3.05) is 18.2 Å². The molecular weight excluding hydrogens is 469 g/mol. The number of nitrogens with one attached hydrogen (secondary N) is 2. The highest BCUT2D eigenvalue weighted by atomic mass is 35.5. The second-order valence-electron chi connectivity index (χ2n) is 6.80. The van der Waals surface area contributed by atoms with Gasteiger partial charge in [0.15, 0.2) is 0 Å². The van der Waals surface area contributed by atoms with E-state index in [0.29, 0.717) is 43.2 Å². The van der Waals surface area contributed by atoms with Crippen molar-refractivity contribution >= 4 is 52.5 Å². The number of hydrogen-bond donors (Lipinski definition) is 2. The van der Waals surface area contributed by atoms with Crippen LogP contribution in [0.1, 0.15) is 18.4 Å². The first-order chi connectivity index (χ1) is 15.3. The number of amides is 1. The number of thioether (sulfide) groups is 1. The number of rotatable bonds is 6. The second kappa shape index (κ2) is 10.6. The van der Waals surface area contributed by atoms with E-state index in [1.54, 1.807) is 55.5 Å². The molecule has 2 aromatic carbocycles. The monoisotopic (exact) mass is 487 g/mol. The van der Waals surface area contributed by atoms with E-state index in [4.69, 9.17) is 27.9 Å². The first-order valence-electron chi connectivity index (χ1n) is 9.48. The quantitative estimate of drug-likeness (QED) is 0.541. The first-order valence-corrected chi connectivity index (χ1v) is 11.2. The summed E-state index contributed by atoms with van der Waals surface area (Å²) in [7, 11) is 1.30. The third-order valence-electron chi connectivity index (χ3n) is 4.77. The lowest BCUT2D eigenvalue weighted by Gasteiger charge is -2.30. The summed E-state index contributed by atoms with van der Waals surface area (Å²) in [6.45, 7) is 1.74. The minimum atomic E-state index is -0.720. The Kier molecular flexibility index (Phi) is 7.86. The van der Waals surface area contributed by atoms with Gasteiger partial charge in [0.1, 0.15) is 0 Å². The Labute approximate surface area is 200 Å². The third kappa shape index (κ3) is 5.28. The highest BCUT2D eigenvalue weighted by Crippen LogP contribution is 2.43. The van der Waals surface area contributed by atoms with Crippen LogP contribution < -0.4 is 10.6 Å². The number of benzene rings is 2. The number of halogens is 2. The number of nitriles is 1. The summed E-state index contributed by atoms with van der Waals surface area (Å²) < 4.78 is 4.70. The van der Waals surface area contributed by atoms with Gasteiger partial charge in [0.2, 0.25) is 0 Å². The normalized spacial score (nSPS) is 15.7. The van der Waals surface area contributed by atoms with E-state index in [0.717, 1.165) is 11.8 Å². The maximum atomic E-state index is 13.3. The molecule has 0 spiro atoms. The molecular formula is C23H19Cl2N3O3S. The molecule has 0 bridgehead atoms. The molecule has 3 rings (SSSR count). The molecule has 0 saturated heterocycles. The molecule has 32 heavy (non-hydrogen) atoms. The Balaban J connectivity index is 2.05. The van der Waals surface area contributed by atoms with Crippen molar-refractivity contribution in [1.82, 2.24) is 5.32 Å². The van der Waals surface area contributed by atoms with Gasteiger partial charge in [-0.3, -0.25) is 9.59 Å². The fourth-order valence-electron chi connectivity index (χ4n) is 3.27. The molecule has 6 nitrogen and oxygen atoms in total. The lowest BCUT2D eigenvalue weighted by Crippen LogP contribution is -2.31. The van der Waals surface area contributed by atoms with Crippen LogP contribution in [0.3, 0.4) is 0 Å². The van der Waals surface area contributed by atoms with E-state index in [1.165, 1.54) is 7.11 Å². The number of nitrogens with zero attached hydrogens (tertiary/aromatic N) is 1. The fourth-order valence-corrected chi connectivity index (χ4v) is 4.56. The van der Waals surface area contributed by atoms with Crippen molar-refractivity contribution < 1.29 is 14.3 Å². The standard InChI is InChI=1S/C23H19Cl2N3O3S/c1-13-20(22(30)28-15-9-7-14(24)8-10-15)21(16-5-3-4-6-18(16)25)17(11-26)23(27-13)32-12-19(29)31-2/h3-10,21,27H,12H2,1-2H3,(H,28,30)/t21-/m1/s1. The summed E-state index contributed by atoms with van der Waals surface area (Å²) >= 11 is 13.5. The number of carbonyl (C=O) groups excluding carboxylic acids is 2. The number of methoxy groups -OCH3 is 1.